The van der Waals surface area contributed by atoms with Crippen LogP contribution in [0.25, 0.3) is 10.9 Å². The van der Waals surface area contributed by atoms with Crippen molar-refractivity contribution >= 4 is 28.5 Å². The van der Waals surface area contributed by atoms with Crippen LogP contribution in [0.1, 0.15) is 0 Å². The summed E-state index contributed by atoms with van der Waals surface area (Å²) in [5, 5.41) is 2.80. The van der Waals surface area contributed by atoms with Crippen molar-refractivity contribution in [3.05, 3.63) is 60.2 Å². The average Bonchev–Trinajstić information content (AvgIpc) is 2.71. The van der Waals surface area contributed by atoms with Crippen LogP contribution in [0.3, 0.4) is 0 Å². The molecule has 0 amide bonds. The minimum atomic E-state index is -1.13. The number of fused-ring (bicyclic) bond motifs is 1. The minimum Gasteiger partial charge on any atom is -0.587 e. The van der Waals surface area contributed by atoms with Gasteiger partial charge in [0.25, 0.3) is 0 Å². The van der Waals surface area contributed by atoms with Gasteiger partial charge in [-0.15, -0.1) is 0 Å². The van der Waals surface area contributed by atoms with Crippen LogP contribution in [0.4, 0.5) is 0 Å². The van der Waals surface area contributed by atoms with E-state index in [1.165, 1.54) is 22.5 Å². The fraction of sp³-hybridized carbons (Fsp3) is 0. The highest BCUT2D eigenvalue weighted by atomic mass is 32.2. The molecule has 3 nitrogen and oxygen atoms in total. The highest BCUT2D eigenvalue weighted by molar-refractivity contribution is 7.93. The summed E-state index contributed by atoms with van der Waals surface area (Å²) in [7, 11) is 0. The summed E-state index contributed by atoms with van der Waals surface area (Å²) < 4.78 is 14.1. The molecule has 1 aliphatic rings. The van der Waals surface area contributed by atoms with Crippen molar-refractivity contribution in [2.24, 2.45) is 4.40 Å². The predicted molar refractivity (Wildman–Crippen MR) is 73.2 cm³/mol. The summed E-state index contributed by atoms with van der Waals surface area (Å²) in [6, 6.07) is 10.3. The Bertz CT molecular complexity index is 511. The number of benzene rings is 1. The average molecular weight is 244 g/mol. The summed E-state index contributed by atoms with van der Waals surface area (Å²) in [5.41, 5.74) is 1.21. The number of para-hydroxylation sites is 1. The lowest BCUT2D eigenvalue weighted by Gasteiger charge is -1.89. The van der Waals surface area contributed by atoms with E-state index in [0.717, 1.165) is 0 Å². The van der Waals surface area contributed by atoms with Crippen LogP contribution < -0.4 is 0 Å². The van der Waals surface area contributed by atoms with Crippen LogP contribution in [0.2, 0.25) is 0 Å². The maximum Gasteiger partial charge on any atom is 0.147 e. The van der Waals surface area contributed by atoms with Crippen molar-refractivity contribution in [3.8, 4) is 0 Å². The maximum absolute atomic E-state index is 10.5. The van der Waals surface area contributed by atoms with Crippen molar-refractivity contribution in [2.75, 3.05) is 0 Å². The van der Waals surface area contributed by atoms with E-state index in [2.05, 4.69) is 27.6 Å². The molecule has 17 heavy (non-hydrogen) atoms. The zero-order valence-corrected chi connectivity index (χ0v) is 9.93. The van der Waals surface area contributed by atoms with Crippen molar-refractivity contribution < 1.29 is 4.55 Å². The molecule has 1 unspecified atom stereocenters. The van der Waals surface area contributed by atoms with Gasteiger partial charge in [-0.3, -0.25) is 0 Å². The molecule has 2 heterocycles. The summed E-state index contributed by atoms with van der Waals surface area (Å²) in [6.45, 7) is 0. The number of aromatic amines is 1. The third kappa shape index (κ3) is 3.62. The second-order valence-corrected chi connectivity index (χ2v) is 4.34. The Morgan fingerprint density at radius 3 is 2.82 bits per heavy atom. The molecule has 0 bridgehead atoms. The molecule has 1 atom stereocenters. The standard InChI is InChI=1S/C8H7N.C5H5NOS/c1-2-4-8-7(3-1)5-6-9-8;7-8-5-3-1-2-4-6-8/h1-6,9H;1-5H. The Kier molecular flexibility index (Phi) is 4.18. The third-order valence-electron chi connectivity index (χ3n) is 2.13. The number of nitrogens with zero attached hydrogens (tertiary/aromatic N) is 1. The lowest BCUT2D eigenvalue weighted by molar-refractivity contribution is 0.605. The van der Waals surface area contributed by atoms with Gasteiger partial charge < -0.3 is 9.54 Å². The largest absolute Gasteiger partial charge is 0.587 e. The fourth-order valence-electron chi connectivity index (χ4n) is 1.35. The van der Waals surface area contributed by atoms with E-state index in [1.54, 1.807) is 18.2 Å². The van der Waals surface area contributed by atoms with Crippen molar-refractivity contribution in [1.29, 1.82) is 0 Å². The molecule has 0 aliphatic carbocycles. The monoisotopic (exact) mass is 244 g/mol. The highest BCUT2D eigenvalue weighted by Crippen LogP contribution is 2.09. The number of hydrogen-bond donors (Lipinski definition) is 1. The summed E-state index contributed by atoms with van der Waals surface area (Å²) >= 11 is -1.13. The predicted octanol–water partition coefficient (Wildman–Crippen LogP) is 2.97. The van der Waals surface area contributed by atoms with E-state index in [1.807, 2.05) is 18.3 Å². The van der Waals surface area contributed by atoms with E-state index in [-0.39, 0.29) is 0 Å². The Hall–Kier alpha value is -1.78. The first kappa shape index (κ1) is 11.7. The van der Waals surface area contributed by atoms with Gasteiger partial charge in [0.15, 0.2) is 0 Å². The topological polar surface area (TPSA) is 51.2 Å². The van der Waals surface area contributed by atoms with Gasteiger partial charge in [0.05, 0.1) is 6.21 Å². The molecule has 0 fully saturated rings. The van der Waals surface area contributed by atoms with Crippen LogP contribution in [-0.4, -0.2) is 15.8 Å². The van der Waals surface area contributed by atoms with Gasteiger partial charge in [-0.2, -0.15) is 0 Å². The van der Waals surface area contributed by atoms with Gasteiger partial charge in [0.1, 0.15) is 16.8 Å². The van der Waals surface area contributed by atoms with Gasteiger partial charge in [-0.25, -0.2) is 0 Å². The van der Waals surface area contributed by atoms with Gasteiger partial charge in [-0.1, -0.05) is 28.7 Å². The Morgan fingerprint density at radius 2 is 1.94 bits per heavy atom. The molecule has 0 radical (unpaired) electrons. The first-order valence-corrected chi connectivity index (χ1v) is 6.33. The molecule has 4 heteroatoms. The molecular weight excluding hydrogens is 232 g/mol. The molecule has 1 N–H and O–H groups in total. The molecule has 0 saturated heterocycles. The van der Waals surface area contributed by atoms with Crippen LogP contribution in [0.5, 0.6) is 0 Å². The van der Waals surface area contributed by atoms with Crippen molar-refractivity contribution in [1.82, 2.24) is 4.98 Å². The summed E-state index contributed by atoms with van der Waals surface area (Å²) in [5.74, 6) is 0. The first-order valence-electron chi connectivity index (χ1n) is 5.16. The molecular formula is C13H12N2OS. The van der Waals surface area contributed by atoms with E-state index in [0.29, 0.717) is 0 Å². The van der Waals surface area contributed by atoms with E-state index < -0.39 is 11.4 Å². The molecule has 0 spiro atoms. The van der Waals surface area contributed by atoms with Gasteiger partial charge in [0.2, 0.25) is 0 Å². The van der Waals surface area contributed by atoms with Crippen molar-refractivity contribution in [3.63, 3.8) is 0 Å². The summed E-state index contributed by atoms with van der Waals surface area (Å²) in [4.78, 5) is 3.12. The molecule has 1 aliphatic heterocycles. The van der Waals surface area contributed by atoms with E-state index in [9.17, 15) is 4.55 Å². The number of H-pyrrole nitrogens is 1. The molecule has 2 aromatic rings. The van der Waals surface area contributed by atoms with Crippen LogP contribution in [0.15, 0.2) is 64.6 Å². The third-order valence-corrected chi connectivity index (χ3v) is 2.85. The molecule has 0 saturated carbocycles. The molecule has 1 aromatic carbocycles. The molecule has 1 aromatic heterocycles. The smallest absolute Gasteiger partial charge is 0.147 e. The second kappa shape index (κ2) is 6.08. The Morgan fingerprint density at radius 1 is 1.06 bits per heavy atom. The number of rotatable bonds is 0. The summed E-state index contributed by atoms with van der Waals surface area (Å²) in [6.07, 6.45) is 8.71. The Labute approximate surface area is 103 Å². The maximum atomic E-state index is 10.5. The quantitative estimate of drug-likeness (QED) is 0.712. The van der Waals surface area contributed by atoms with Crippen LogP contribution in [-0.2, 0) is 11.4 Å². The first-order chi connectivity index (χ1) is 8.36. The minimum absolute atomic E-state index is 1.13. The number of aromatic nitrogens is 1. The zero-order chi connectivity index (χ0) is 11.9. The number of hydrogen-bond acceptors (Lipinski definition) is 2. The molecule has 86 valence electrons. The highest BCUT2D eigenvalue weighted by Gasteiger charge is 1.93. The Balaban J connectivity index is 0.000000128. The zero-order valence-electron chi connectivity index (χ0n) is 9.11. The number of nitrogens with one attached hydrogen (secondary N) is 1. The lowest BCUT2D eigenvalue weighted by atomic mass is 10.3. The van der Waals surface area contributed by atoms with Crippen LogP contribution in [0, 0.1) is 0 Å². The normalized spacial score (nSPS) is 17.6. The second-order valence-electron chi connectivity index (χ2n) is 3.31. The van der Waals surface area contributed by atoms with Gasteiger partial charge in [0, 0.05) is 11.7 Å². The molecule has 3 rings (SSSR count). The van der Waals surface area contributed by atoms with E-state index >= 15 is 0 Å². The SMILES string of the molecule is [O-][S+]1C=CC=CC=N1.c1ccc2[nH]ccc2c1. The van der Waals surface area contributed by atoms with Crippen LogP contribution >= 0.6 is 0 Å². The number of allylic oxidation sites excluding steroid dienone is 3. The fourth-order valence-corrected chi connectivity index (χ4v) is 1.84. The van der Waals surface area contributed by atoms with Gasteiger partial charge in [-0.05, 0) is 29.7 Å². The van der Waals surface area contributed by atoms with Gasteiger partial charge >= 0.3 is 0 Å². The lowest BCUT2D eigenvalue weighted by Crippen LogP contribution is -1.86. The van der Waals surface area contributed by atoms with E-state index in [4.69, 9.17) is 0 Å². The van der Waals surface area contributed by atoms with Crippen molar-refractivity contribution in [2.45, 2.75) is 0 Å².